The van der Waals surface area contributed by atoms with Crippen LogP contribution >= 0.6 is 0 Å². The van der Waals surface area contributed by atoms with Crippen LogP contribution in [0, 0.1) is 17.2 Å². The molecule has 2 N–H and O–H groups in total. The lowest BCUT2D eigenvalue weighted by molar-refractivity contribution is 0.579. The average Bonchev–Trinajstić information content (AvgIpc) is 2.70. The van der Waals surface area contributed by atoms with Gasteiger partial charge in [0.15, 0.2) is 0 Å². The summed E-state index contributed by atoms with van der Waals surface area (Å²) >= 11 is 0. The summed E-state index contributed by atoms with van der Waals surface area (Å²) in [5.41, 5.74) is 7.33. The maximum atomic E-state index is 9.06. The van der Waals surface area contributed by atoms with Crippen LogP contribution in [0.2, 0.25) is 0 Å². The van der Waals surface area contributed by atoms with Crippen molar-refractivity contribution in [2.45, 2.75) is 19.4 Å². The first kappa shape index (κ1) is 10.9. The Bertz CT molecular complexity index is 410. The Balaban J connectivity index is 2.28. The van der Waals surface area contributed by atoms with Gasteiger partial charge in [-0.25, -0.2) is 0 Å². The van der Waals surface area contributed by atoms with Gasteiger partial charge in [-0.15, -0.1) is 0 Å². The molecular weight excluding hydrogens is 200 g/mol. The van der Waals surface area contributed by atoms with Crippen LogP contribution in [-0.4, -0.2) is 24.1 Å². The molecule has 1 aliphatic rings. The predicted molar refractivity (Wildman–Crippen MR) is 62.9 cm³/mol. The third kappa shape index (κ3) is 1.86. The molecule has 0 aliphatic carbocycles. The first-order valence-corrected chi connectivity index (χ1v) is 5.57. The van der Waals surface area contributed by atoms with Crippen LogP contribution < -0.4 is 10.6 Å². The highest BCUT2D eigenvalue weighted by Crippen LogP contribution is 2.29. The maximum Gasteiger partial charge on any atom is 0.101 e. The van der Waals surface area contributed by atoms with Crippen molar-refractivity contribution in [3.05, 3.63) is 24.0 Å². The molecule has 2 atom stereocenters. The van der Waals surface area contributed by atoms with Crippen LogP contribution in [0.4, 0.5) is 5.69 Å². The van der Waals surface area contributed by atoms with Gasteiger partial charge in [0, 0.05) is 18.8 Å². The molecule has 2 unspecified atom stereocenters. The molecule has 0 amide bonds. The molecule has 2 rings (SSSR count). The minimum Gasteiger partial charge on any atom is -0.366 e. The lowest BCUT2D eigenvalue weighted by atomic mass is 10.1. The Morgan fingerprint density at radius 2 is 2.50 bits per heavy atom. The van der Waals surface area contributed by atoms with E-state index >= 15 is 0 Å². The van der Waals surface area contributed by atoms with Crippen molar-refractivity contribution in [2.75, 3.05) is 18.0 Å². The number of hydrogen-bond acceptors (Lipinski definition) is 4. The Morgan fingerprint density at radius 1 is 1.69 bits per heavy atom. The van der Waals surface area contributed by atoms with E-state index in [-0.39, 0.29) is 0 Å². The van der Waals surface area contributed by atoms with Crippen molar-refractivity contribution in [2.24, 2.45) is 11.7 Å². The third-order valence-corrected chi connectivity index (χ3v) is 3.22. The summed E-state index contributed by atoms with van der Waals surface area (Å²) in [5.74, 6) is 0.529. The molecule has 0 saturated carbocycles. The number of hydrogen-bond donors (Lipinski definition) is 1. The highest BCUT2D eigenvalue weighted by molar-refractivity contribution is 5.58. The first-order chi connectivity index (χ1) is 7.76. The smallest absolute Gasteiger partial charge is 0.101 e. The van der Waals surface area contributed by atoms with E-state index in [2.05, 4.69) is 22.9 Å². The second-order valence-electron chi connectivity index (χ2n) is 4.34. The molecule has 1 aromatic heterocycles. The number of nitrogens with zero attached hydrogens (tertiary/aromatic N) is 3. The molecule has 0 aromatic carbocycles. The molecule has 2 heterocycles. The van der Waals surface area contributed by atoms with Gasteiger partial charge < -0.3 is 10.6 Å². The van der Waals surface area contributed by atoms with E-state index in [1.807, 2.05) is 0 Å². The fourth-order valence-electron chi connectivity index (χ4n) is 2.36. The molecule has 16 heavy (non-hydrogen) atoms. The van der Waals surface area contributed by atoms with Gasteiger partial charge in [0.1, 0.15) is 6.07 Å². The fraction of sp³-hybridized carbons (Fsp3) is 0.500. The van der Waals surface area contributed by atoms with Gasteiger partial charge in [0.2, 0.25) is 0 Å². The fourth-order valence-corrected chi connectivity index (χ4v) is 2.36. The number of nitriles is 1. The lowest BCUT2D eigenvalue weighted by Gasteiger charge is -2.24. The number of rotatable bonds is 2. The van der Waals surface area contributed by atoms with E-state index in [9.17, 15) is 0 Å². The molecule has 1 aliphatic heterocycles. The summed E-state index contributed by atoms with van der Waals surface area (Å²) in [7, 11) is 0. The summed E-state index contributed by atoms with van der Waals surface area (Å²) in [5, 5.41) is 9.06. The molecule has 0 radical (unpaired) electrons. The molecule has 1 saturated heterocycles. The van der Waals surface area contributed by atoms with Crippen LogP contribution in [0.5, 0.6) is 0 Å². The van der Waals surface area contributed by atoms with E-state index in [4.69, 9.17) is 11.0 Å². The van der Waals surface area contributed by atoms with Gasteiger partial charge in [-0.2, -0.15) is 5.26 Å². The summed E-state index contributed by atoms with van der Waals surface area (Å²) in [6, 6.07) is 4.41. The Hall–Kier alpha value is -1.60. The third-order valence-electron chi connectivity index (χ3n) is 3.22. The molecule has 1 aromatic rings. The second-order valence-corrected chi connectivity index (χ2v) is 4.34. The number of aromatic nitrogens is 1. The lowest BCUT2D eigenvalue weighted by Crippen LogP contribution is -2.28. The molecule has 4 heteroatoms. The van der Waals surface area contributed by atoms with Gasteiger partial charge in [-0.05, 0) is 31.9 Å². The van der Waals surface area contributed by atoms with Gasteiger partial charge in [-0.1, -0.05) is 0 Å². The van der Waals surface area contributed by atoms with Crippen LogP contribution in [0.15, 0.2) is 18.5 Å². The van der Waals surface area contributed by atoms with Crippen molar-refractivity contribution >= 4 is 5.69 Å². The minimum atomic E-state index is 0.435. The zero-order chi connectivity index (χ0) is 11.5. The summed E-state index contributed by atoms with van der Waals surface area (Å²) in [6.45, 7) is 3.81. The monoisotopic (exact) mass is 216 g/mol. The van der Waals surface area contributed by atoms with Crippen LogP contribution in [0.3, 0.4) is 0 Å². The largest absolute Gasteiger partial charge is 0.366 e. The van der Waals surface area contributed by atoms with E-state index in [1.54, 1.807) is 18.5 Å². The summed E-state index contributed by atoms with van der Waals surface area (Å²) < 4.78 is 0. The molecule has 84 valence electrons. The molecule has 1 fully saturated rings. The Kier molecular flexibility index (Phi) is 3.07. The Morgan fingerprint density at radius 3 is 3.12 bits per heavy atom. The molecule has 0 bridgehead atoms. The van der Waals surface area contributed by atoms with Crippen LogP contribution in [-0.2, 0) is 0 Å². The number of anilines is 1. The highest BCUT2D eigenvalue weighted by atomic mass is 15.2. The summed E-state index contributed by atoms with van der Waals surface area (Å²) in [6.07, 6.45) is 4.52. The van der Waals surface area contributed by atoms with Gasteiger partial charge in [-0.3, -0.25) is 4.98 Å². The quantitative estimate of drug-likeness (QED) is 0.804. The Labute approximate surface area is 95.7 Å². The molecular formula is C12H16N4. The van der Waals surface area contributed by atoms with E-state index < -0.39 is 0 Å². The maximum absolute atomic E-state index is 9.06. The van der Waals surface area contributed by atoms with E-state index in [0.717, 1.165) is 18.7 Å². The van der Waals surface area contributed by atoms with Gasteiger partial charge in [0.25, 0.3) is 0 Å². The highest BCUT2D eigenvalue weighted by Gasteiger charge is 2.29. The van der Waals surface area contributed by atoms with Crippen molar-refractivity contribution in [3.63, 3.8) is 0 Å². The standard InChI is InChI=1S/C12H16N4/c1-9-4-10(5-13)8-16(9)12-7-15-3-2-11(12)6-14/h2-3,7,9-10H,4-5,8,13H2,1H3. The predicted octanol–water partition coefficient (Wildman–Crippen LogP) is 1.13. The van der Waals surface area contributed by atoms with E-state index in [1.165, 1.54) is 0 Å². The average molecular weight is 216 g/mol. The van der Waals surface area contributed by atoms with Gasteiger partial charge >= 0.3 is 0 Å². The first-order valence-electron chi connectivity index (χ1n) is 5.57. The zero-order valence-corrected chi connectivity index (χ0v) is 9.43. The van der Waals surface area contributed by atoms with Crippen molar-refractivity contribution in [1.82, 2.24) is 4.98 Å². The topological polar surface area (TPSA) is 65.9 Å². The number of nitrogens with two attached hydrogens (primary N) is 1. The van der Waals surface area contributed by atoms with Crippen LogP contribution in [0.25, 0.3) is 0 Å². The van der Waals surface area contributed by atoms with Gasteiger partial charge in [0.05, 0.1) is 17.4 Å². The zero-order valence-electron chi connectivity index (χ0n) is 9.43. The summed E-state index contributed by atoms with van der Waals surface area (Å²) in [4.78, 5) is 6.34. The normalized spacial score (nSPS) is 24.4. The van der Waals surface area contributed by atoms with Crippen molar-refractivity contribution < 1.29 is 0 Å². The minimum absolute atomic E-state index is 0.435. The SMILES string of the molecule is CC1CC(CN)CN1c1cnccc1C#N. The molecule has 0 spiro atoms. The van der Waals surface area contributed by atoms with Crippen molar-refractivity contribution in [3.8, 4) is 6.07 Å². The molecule has 4 nitrogen and oxygen atoms in total. The number of pyridine rings is 1. The van der Waals surface area contributed by atoms with E-state index in [0.29, 0.717) is 24.1 Å². The second kappa shape index (κ2) is 4.50. The van der Waals surface area contributed by atoms with Crippen LogP contribution in [0.1, 0.15) is 18.9 Å². The van der Waals surface area contributed by atoms with Crippen molar-refractivity contribution in [1.29, 1.82) is 5.26 Å².